The van der Waals surface area contributed by atoms with Crippen LogP contribution in [0, 0.1) is 5.92 Å². The van der Waals surface area contributed by atoms with Crippen LogP contribution in [0.15, 0.2) is 95.4 Å². The first kappa shape index (κ1) is 27.6. The molecule has 2 atom stereocenters. The number of carbonyl (C=O) groups is 3. The summed E-state index contributed by atoms with van der Waals surface area (Å²) in [5.74, 6) is -0.237. The molecule has 3 aromatic carbocycles. The van der Waals surface area contributed by atoms with Crippen LogP contribution >= 0.6 is 0 Å². The predicted molar refractivity (Wildman–Crippen MR) is 150 cm³/mol. The summed E-state index contributed by atoms with van der Waals surface area (Å²) in [6.07, 6.45) is 0.949. The summed E-state index contributed by atoms with van der Waals surface area (Å²) < 4.78 is 11.0. The van der Waals surface area contributed by atoms with Crippen LogP contribution in [0.5, 0.6) is 0 Å². The molecule has 7 nitrogen and oxygen atoms in total. The van der Waals surface area contributed by atoms with Crippen LogP contribution in [-0.4, -0.2) is 30.9 Å². The summed E-state index contributed by atoms with van der Waals surface area (Å²) in [6, 6.07) is 28.4. The van der Waals surface area contributed by atoms with Gasteiger partial charge in [0.05, 0.1) is 5.92 Å². The van der Waals surface area contributed by atoms with Crippen molar-refractivity contribution in [3.05, 3.63) is 108 Å². The van der Waals surface area contributed by atoms with Gasteiger partial charge < -0.3 is 19.8 Å². The first-order chi connectivity index (χ1) is 19.0. The maximum atomic E-state index is 13.4. The lowest BCUT2D eigenvalue weighted by Crippen LogP contribution is -2.30. The monoisotopic (exact) mass is 526 g/mol. The first-order valence-electron chi connectivity index (χ1n) is 13.3. The number of carbonyl (C=O) groups excluding carboxylic acids is 3. The van der Waals surface area contributed by atoms with E-state index in [9.17, 15) is 14.4 Å². The number of rotatable bonds is 13. The fraction of sp³-hybridized carbons (Fsp3) is 0.281. The zero-order valence-electron chi connectivity index (χ0n) is 22.1. The lowest BCUT2D eigenvalue weighted by atomic mass is 9.90. The Kier molecular flexibility index (Phi) is 9.89. The van der Waals surface area contributed by atoms with Crippen molar-refractivity contribution in [2.75, 3.05) is 13.1 Å². The zero-order chi connectivity index (χ0) is 27.5. The quantitative estimate of drug-likeness (QED) is 0.201. The summed E-state index contributed by atoms with van der Waals surface area (Å²) >= 11 is 0. The Morgan fingerprint density at radius 2 is 1.49 bits per heavy atom. The van der Waals surface area contributed by atoms with Gasteiger partial charge in [0.1, 0.15) is 12.2 Å². The normalized spacial score (nSPS) is 12.4. The second-order valence-corrected chi connectivity index (χ2v) is 9.70. The number of ether oxygens (including phenoxy) is 1. The molecule has 0 fully saturated rings. The van der Waals surface area contributed by atoms with E-state index in [0.717, 1.165) is 16.5 Å². The maximum Gasteiger partial charge on any atom is 0.407 e. The lowest BCUT2D eigenvalue weighted by molar-refractivity contribution is -0.121. The second-order valence-electron chi connectivity index (χ2n) is 9.70. The third-order valence-corrected chi connectivity index (χ3v) is 6.60. The minimum absolute atomic E-state index is 0.0709. The van der Waals surface area contributed by atoms with Crippen LogP contribution in [0.25, 0.3) is 11.0 Å². The van der Waals surface area contributed by atoms with E-state index in [-0.39, 0.29) is 24.2 Å². The van der Waals surface area contributed by atoms with Gasteiger partial charge in [0.2, 0.25) is 11.7 Å². The molecule has 0 aliphatic carbocycles. The molecule has 39 heavy (non-hydrogen) atoms. The van der Waals surface area contributed by atoms with E-state index in [1.807, 2.05) is 91.9 Å². The third-order valence-electron chi connectivity index (χ3n) is 6.60. The van der Waals surface area contributed by atoms with E-state index in [2.05, 4.69) is 10.6 Å². The van der Waals surface area contributed by atoms with Crippen LogP contribution < -0.4 is 10.6 Å². The smallest absolute Gasteiger partial charge is 0.407 e. The maximum absolute atomic E-state index is 13.4. The Bertz CT molecular complexity index is 1330. The summed E-state index contributed by atoms with van der Waals surface area (Å²) in [4.78, 5) is 37.9. The van der Waals surface area contributed by atoms with E-state index in [4.69, 9.17) is 9.15 Å². The molecule has 0 aliphatic heterocycles. The number of fused-ring (bicyclic) bond motifs is 1. The van der Waals surface area contributed by atoms with Crippen molar-refractivity contribution < 1.29 is 23.5 Å². The summed E-state index contributed by atoms with van der Waals surface area (Å²) in [7, 11) is 0. The van der Waals surface area contributed by atoms with Gasteiger partial charge in [-0.25, -0.2) is 4.79 Å². The molecule has 2 N–H and O–H groups in total. The number of amides is 2. The summed E-state index contributed by atoms with van der Waals surface area (Å²) in [6.45, 7) is 2.97. The molecule has 0 bridgehead atoms. The van der Waals surface area contributed by atoms with Crippen molar-refractivity contribution >= 4 is 28.8 Å². The van der Waals surface area contributed by atoms with Gasteiger partial charge in [-0.05, 0) is 42.0 Å². The number of hydrogen-bond acceptors (Lipinski definition) is 5. The van der Waals surface area contributed by atoms with E-state index in [1.54, 1.807) is 6.07 Å². The average Bonchev–Trinajstić information content (AvgIpc) is 3.39. The lowest BCUT2D eigenvalue weighted by Gasteiger charge is -2.16. The van der Waals surface area contributed by atoms with Crippen LogP contribution in [0.4, 0.5) is 4.79 Å². The number of furan rings is 1. The molecule has 7 heteroatoms. The molecule has 0 aliphatic rings. The van der Waals surface area contributed by atoms with Gasteiger partial charge in [-0.3, -0.25) is 9.59 Å². The highest BCUT2D eigenvalue weighted by Crippen LogP contribution is 2.28. The van der Waals surface area contributed by atoms with Gasteiger partial charge in [0.25, 0.3) is 0 Å². The van der Waals surface area contributed by atoms with E-state index in [1.165, 1.54) is 0 Å². The number of para-hydroxylation sites is 1. The minimum atomic E-state index is -0.475. The number of hydrogen-bond donors (Lipinski definition) is 2. The van der Waals surface area contributed by atoms with Gasteiger partial charge in [0, 0.05) is 24.9 Å². The van der Waals surface area contributed by atoms with Gasteiger partial charge in [-0.15, -0.1) is 0 Å². The van der Waals surface area contributed by atoms with Crippen molar-refractivity contribution in [2.24, 2.45) is 5.92 Å². The SMILES string of the molecule is CC(CCNC(=O)OCc1ccccc1)CC(=O)NCCC(C(=O)c1cc2ccccc2o1)c1ccccc1. The molecule has 1 heterocycles. The van der Waals surface area contributed by atoms with Crippen molar-refractivity contribution in [3.63, 3.8) is 0 Å². The number of nitrogens with one attached hydrogen (secondary N) is 2. The zero-order valence-corrected chi connectivity index (χ0v) is 22.1. The third kappa shape index (κ3) is 8.30. The predicted octanol–water partition coefficient (Wildman–Crippen LogP) is 6.25. The Morgan fingerprint density at radius 3 is 2.23 bits per heavy atom. The molecule has 0 saturated heterocycles. The Labute approximate surface area is 228 Å². The Hall–Kier alpha value is -4.39. The van der Waals surface area contributed by atoms with Gasteiger partial charge >= 0.3 is 6.09 Å². The molecule has 0 spiro atoms. The van der Waals surface area contributed by atoms with E-state index >= 15 is 0 Å². The first-order valence-corrected chi connectivity index (χ1v) is 13.3. The highest BCUT2D eigenvalue weighted by atomic mass is 16.5. The molecule has 1 aromatic heterocycles. The van der Waals surface area contributed by atoms with Gasteiger partial charge in [0.15, 0.2) is 5.76 Å². The largest absolute Gasteiger partial charge is 0.453 e. The molecule has 0 radical (unpaired) electrons. The number of ketones is 1. The van der Waals surface area contributed by atoms with Crippen LogP contribution in [-0.2, 0) is 16.1 Å². The Morgan fingerprint density at radius 1 is 0.821 bits per heavy atom. The molecular weight excluding hydrogens is 492 g/mol. The molecule has 4 rings (SSSR count). The van der Waals surface area contributed by atoms with Gasteiger partial charge in [-0.1, -0.05) is 85.8 Å². The molecule has 202 valence electrons. The van der Waals surface area contributed by atoms with E-state index < -0.39 is 12.0 Å². The standard InChI is InChI=1S/C32H34N2O5/c1-23(16-18-34-32(37)38-22-24-10-4-2-5-11-24)20-30(35)33-19-17-27(25-12-6-3-7-13-25)31(36)29-21-26-14-8-9-15-28(26)39-29/h2-15,21,23,27H,16-20,22H2,1H3,(H,33,35)(H,34,37). The number of Topliss-reactive ketones (excluding diaryl/α,β-unsaturated/α-hetero) is 1. The minimum Gasteiger partial charge on any atom is -0.453 e. The topological polar surface area (TPSA) is 97.6 Å². The van der Waals surface area contributed by atoms with Crippen molar-refractivity contribution in [3.8, 4) is 0 Å². The fourth-order valence-corrected chi connectivity index (χ4v) is 4.45. The van der Waals surface area contributed by atoms with E-state index in [0.29, 0.717) is 43.7 Å². The average molecular weight is 527 g/mol. The van der Waals surface area contributed by atoms with Crippen molar-refractivity contribution in [2.45, 2.75) is 38.7 Å². The molecule has 4 aromatic rings. The molecule has 2 amide bonds. The Balaban J connectivity index is 1.21. The van der Waals surface area contributed by atoms with Crippen LogP contribution in [0.2, 0.25) is 0 Å². The number of alkyl carbamates (subject to hydrolysis) is 1. The molecular formula is C32H34N2O5. The van der Waals surface area contributed by atoms with Crippen molar-refractivity contribution in [1.82, 2.24) is 10.6 Å². The summed E-state index contributed by atoms with van der Waals surface area (Å²) in [5.41, 5.74) is 2.48. The fourth-order valence-electron chi connectivity index (χ4n) is 4.45. The molecule has 2 unspecified atom stereocenters. The van der Waals surface area contributed by atoms with Crippen LogP contribution in [0.1, 0.15) is 53.8 Å². The van der Waals surface area contributed by atoms with Crippen molar-refractivity contribution in [1.29, 1.82) is 0 Å². The number of benzene rings is 3. The molecule has 0 saturated carbocycles. The van der Waals surface area contributed by atoms with Gasteiger partial charge in [-0.2, -0.15) is 0 Å². The van der Waals surface area contributed by atoms with Crippen LogP contribution in [0.3, 0.4) is 0 Å². The second kappa shape index (κ2) is 14.0. The summed E-state index contributed by atoms with van der Waals surface area (Å²) in [5, 5.41) is 6.57. The highest BCUT2D eigenvalue weighted by molar-refractivity contribution is 6.01. The highest BCUT2D eigenvalue weighted by Gasteiger charge is 2.25.